The van der Waals surface area contributed by atoms with Crippen LogP contribution in [0.4, 0.5) is 0 Å². The van der Waals surface area contributed by atoms with Crippen molar-refractivity contribution in [1.29, 1.82) is 0 Å². The smallest absolute Gasteiger partial charge is 0.330 e. The summed E-state index contributed by atoms with van der Waals surface area (Å²) >= 11 is 0. The Hall–Kier alpha value is -2.10. The second kappa shape index (κ2) is 10.6. The number of carbonyl (C=O) groups is 2. The lowest BCUT2D eigenvalue weighted by Gasteiger charge is -2.08. The number of hydrogen-bond acceptors (Lipinski definition) is 4. The monoisotopic (exact) mass is 304 g/mol. The van der Waals surface area contributed by atoms with Crippen LogP contribution >= 0.6 is 0 Å². The van der Waals surface area contributed by atoms with Gasteiger partial charge in [0.05, 0.1) is 19.1 Å². The van der Waals surface area contributed by atoms with Gasteiger partial charge in [0.2, 0.25) is 0 Å². The molecule has 0 aliphatic heterocycles. The molecule has 0 spiro atoms. The van der Waals surface area contributed by atoms with Gasteiger partial charge in [-0.25, -0.2) is 4.79 Å². The van der Waals surface area contributed by atoms with E-state index in [2.05, 4.69) is 0 Å². The van der Waals surface area contributed by atoms with Crippen LogP contribution in [-0.4, -0.2) is 25.2 Å². The average molecular weight is 304 g/mol. The predicted molar refractivity (Wildman–Crippen MR) is 86.1 cm³/mol. The van der Waals surface area contributed by atoms with Crippen LogP contribution < -0.4 is 0 Å². The van der Waals surface area contributed by atoms with E-state index in [1.807, 2.05) is 44.2 Å². The Kier molecular flexibility index (Phi) is 8.65. The third-order valence-corrected chi connectivity index (χ3v) is 3.25. The van der Waals surface area contributed by atoms with Crippen molar-refractivity contribution >= 4 is 18.0 Å². The molecule has 1 rings (SSSR count). The first-order valence-corrected chi connectivity index (χ1v) is 7.70. The van der Waals surface area contributed by atoms with Crippen molar-refractivity contribution in [3.8, 4) is 0 Å². The van der Waals surface area contributed by atoms with E-state index >= 15 is 0 Å². The second-order valence-electron chi connectivity index (χ2n) is 5.10. The van der Waals surface area contributed by atoms with Crippen molar-refractivity contribution in [1.82, 2.24) is 0 Å². The molecule has 0 amide bonds. The molecule has 0 aliphatic carbocycles. The zero-order valence-corrected chi connectivity index (χ0v) is 13.3. The van der Waals surface area contributed by atoms with Crippen LogP contribution in [0.15, 0.2) is 36.4 Å². The van der Waals surface area contributed by atoms with Crippen LogP contribution in [-0.2, 0) is 19.1 Å². The summed E-state index contributed by atoms with van der Waals surface area (Å²) in [6, 6.07) is 9.56. The van der Waals surface area contributed by atoms with Gasteiger partial charge in [0, 0.05) is 6.08 Å². The van der Waals surface area contributed by atoms with Crippen molar-refractivity contribution in [3.63, 3.8) is 0 Å². The zero-order valence-electron chi connectivity index (χ0n) is 13.3. The van der Waals surface area contributed by atoms with Crippen LogP contribution in [0.3, 0.4) is 0 Å². The number of carbonyl (C=O) groups excluding carboxylic acids is 2. The lowest BCUT2D eigenvalue weighted by molar-refractivity contribution is -0.148. The molecular weight excluding hydrogens is 280 g/mol. The van der Waals surface area contributed by atoms with Crippen molar-refractivity contribution in [3.05, 3.63) is 42.0 Å². The van der Waals surface area contributed by atoms with E-state index in [0.717, 1.165) is 12.0 Å². The van der Waals surface area contributed by atoms with Crippen molar-refractivity contribution < 1.29 is 19.1 Å². The first-order chi connectivity index (χ1) is 10.6. The summed E-state index contributed by atoms with van der Waals surface area (Å²) in [5.74, 6) is -0.577. The van der Waals surface area contributed by atoms with Gasteiger partial charge in [0.1, 0.15) is 0 Å². The van der Waals surface area contributed by atoms with E-state index < -0.39 is 0 Å². The Bertz CT molecular complexity index is 479. The summed E-state index contributed by atoms with van der Waals surface area (Å²) < 4.78 is 10.2. The van der Waals surface area contributed by atoms with Crippen molar-refractivity contribution in [2.75, 3.05) is 13.2 Å². The molecule has 0 saturated heterocycles. The number of hydrogen-bond donors (Lipinski definition) is 0. The van der Waals surface area contributed by atoms with Crippen LogP contribution in [0.5, 0.6) is 0 Å². The highest BCUT2D eigenvalue weighted by molar-refractivity contribution is 5.86. The number of benzene rings is 1. The highest BCUT2D eigenvalue weighted by Crippen LogP contribution is 2.04. The third kappa shape index (κ3) is 7.62. The zero-order chi connectivity index (χ0) is 16.2. The first-order valence-electron chi connectivity index (χ1n) is 7.70. The fourth-order valence-electron chi connectivity index (χ4n) is 1.64. The number of unbranched alkanes of at least 4 members (excludes halogenated alkanes) is 1. The summed E-state index contributed by atoms with van der Waals surface area (Å²) in [4.78, 5) is 22.9. The predicted octanol–water partition coefficient (Wildman–Crippen LogP) is 3.61. The second-order valence-corrected chi connectivity index (χ2v) is 5.10. The van der Waals surface area contributed by atoms with Gasteiger partial charge in [-0.15, -0.1) is 0 Å². The Balaban J connectivity index is 2.08. The maximum absolute atomic E-state index is 11.5. The van der Waals surface area contributed by atoms with Gasteiger partial charge in [0.25, 0.3) is 0 Å². The lowest BCUT2D eigenvalue weighted by Crippen LogP contribution is -2.15. The van der Waals surface area contributed by atoms with Gasteiger partial charge in [-0.2, -0.15) is 0 Å². The minimum absolute atomic E-state index is 0.0547. The Labute approximate surface area is 132 Å². The highest BCUT2D eigenvalue weighted by atomic mass is 16.5. The lowest BCUT2D eigenvalue weighted by atomic mass is 10.1. The molecule has 0 bridgehead atoms. The standard InChI is InChI=1S/C18H24O4/c1-3-15(2)18(20)22-14-8-7-13-21-17(19)12-11-16-9-5-4-6-10-16/h4-6,9-12,15H,3,7-8,13-14H2,1-2H3/b12-11+. The highest BCUT2D eigenvalue weighted by Gasteiger charge is 2.11. The minimum Gasteiger partial charge on any atom is -0.465 e. The number of rotatable bonds is 9. The molecule has 0 heterocycles. The van der Waals surface area contributed by atoms with Crippen molar-refractivity contribution in [2.24, 2.45) is 5.92 Å². The topological polar surface area (TPSA) is 52.6 Å². The van der Waals surface area contributed by atoms with E-state index in [1.54, 1.807) is 6.08 Å². The summed E-state index contributed by atoms with van der Waals surface area (Å²) in [7, 11) is 0. The summed E-state index contributed by atoms with van der Waals surface area (Å²) in [6.45, 7) is 4.51. The average Bonchev–Trinajstić information content (AvgIpc) is 2.56. The molecule has 0 aliphatic rings. The number of ether oxygens (including phenoxy) is 2. The fourth-order valence-corrected chi connectivity index (χ4v) is 1.64. The van der Waals surface area contributed by atoms with E-state index in [9.17, 15) is 9.59 Å². The molecule has 4 nitrogen and oxygen atoms in total. The van der Waals surface area contributed by atoms with Gasteiger partial charge in [-0.3, -0.25) is 4.79 Å². The largest absolute Gasteiger partial charge is 0.465 e. The SMILES string of the molecule is CCC(C)C(=O)OCCCCOC(=O)/C=C/c1ccccc1. The normalized spacial score (nSPS) is 12.1. The van der Waals surface area contributed by atoms with Gasteiger partial charge in [0.15, 0.2) is 0 Å². The van der Waals surface area contributed by atoms with Gasteiger partial charge >= 0.3 is 11.9 Å². The van der Waals surface area contributed by atoms with E-state index in [4.69, 9.17) is 9.47 Å². The Morgan fingerprint density at radius 2 is 1.73 bits per heavy atom. The molecular formula is C18H24O4. The van der Waals surface area contributed by atoms with Crippen LogP contribution in [0.1, 0.15) is 38.7 Å². The van der Waals surface area contributed by atoms with Gasteiger partial charge < -0.3 is 9.47 Å². The molecule has 22 heavy (non-hydrogen) atoms. The maximum Gasteiger partial charge on any atom is 0.330 e. The molecule has 0 aromatic heterocycles. The molecule has 0 fully saturated rings. The van der Waals surface area contributed by atoms with Gasteiger partial charge in [-0.1, -0.05) is 44.2 Å². The molecule has 4 heteroatoms. The van der Waals surface area contributed by atoms with Crippen LogP contribution in [0.2, 0.25) is 0 Å². The Morgan fingerprint density at radius 3 is 2.36 bits per heavy atom. The number of esters is 2. The molecule has 1 unspecified atom stereocenters. The molecule has 120 valence electrons. The molecule has 1 aromatic rings. The third-order valence-electron chi connectivity index (χ3n) is 3.25. The minimum atomic E-state index is -0.361. The molecule has 0 saturated carbocycles. The maximum atomic E-state index is 11.5. The van der Waals surface area contributed by atoms with Gasteiger partial charge in [-0.05, 0) is 30.9 Å². The quantitative estimate of drug-likeness (QED) is 0.397. The van der Waals surface area contributed by atoms with E-state index in [1.165, 1.54) is 6.08 Å². The van der Waals surface area contributed by atoms with Crippen molar-refractivity contribution in [2.45, 2.75) is 33.1 Å². The summed E-state index contributed by atoms with van der Waals surface area (Å²) in [5, 5.41) is 0. The molecule has 1 atom stereocenters. The summed E-state index contributed by atoms with van der Waals surface area (Å²) in [6.07, 6.45) is 5.29. The van der Waals surface area contributed by atoms with Crippen LogP contribution in [0, 0.1) is 5.92 Å². The van der Waals surface area contributed by atoms with E-state index in [-0.39, 0.29) is 17.9 Å². The molecule has 1 aromatic carbocycles. The first kappa shape index (κ1) is 18.0. The fraction of sp³-hybridized carbons (Fsp3) is 0.444. The Morgan fingerprint density at radius 1 is 1.09 bits per heavy atom. The molecule has 0 radical (unpaired) electrons. The van der Waals surface area contributed by atoms with E-state index in [0.29, 0.717) is 26.1 Å². The molecule has 0 N–H and O–H groups in total. The van der Waals surface area contributed by atoms with Crippen LogP contribution in [0.25, 0.3) is 6.08 Å². The summed E-state index contributed by atoms with van der Waals surface area (Å²) in [5.41, 5.74) is 0.955.